The van der Waals surface area contributed by atoms with Crippen LogP contribution in [0, 0.1) is 32.1 Å². The van der Waals surface area contributed by atoms with E-state index < -0.39 is 51.7 Å². The number of nitrogens with zero attached hydrogens (tertiary/aromatic N) is 4. The van der Waals surface area contributed by atoms with Crippen LogP contribution in [0.5, 0.6) is 11.5 Å². The molecule has 0 N–H and O–H groups in total. The summed E-state index contributed by atoms with van der Waals surface area (Å²) in [6.45, 7) is -0.630. The van der Waals surface area contributed by atoms with E-state index in [-0.39, 0.29) is 22.5 Å². The highest BCUT2D eigenvalue weighted by molar-refractivity contribution is 6.09. The van der Waals surface area contributed by atoms with E-state index in [1.54, 1.807) is 0 Å². The molecular weight excluding hydrogens is 548 g/mol. The third-order valence-electron chi connectivity index (χ3n) is 7.37. The number of hydrogen-bond donors (Lipinski definition) is 0. The van der Waals surface area contributed by atoms with Crippen molar-refractivity contribution in [3.05, 3.63) is 104 Å². The lowest BCUT2D eigenvalue weighted by Crippen LogP contribution is -2.52. The summed E-state index contributed by atoms with van der Waals surface area (Å²) in [4.78, 5) is 74.3. The van der Waals surface area contributed by atoms with Gasteiger partial charge in [-0.15, -0.1) is 0 Å². The Morgan fingerprint density at radius 3 is 1.64 bits per heavy atom. The number of carbonyl (C=O) groups excluding carboxylic acids is 4. The van der Waals surface area contributed by atoms with Crippen molar-refractivity contribution >= 4 is 34.9 Å². The van der Waals surface area contributed by atoms with Gasteiger partial charge in [0.1, 0.15) is 18.0 Å². The third-order valence-corrected chi connectivity index (χ3v) is 7.37. The molecule has 3 aromatic rings. The minimum absolute atomic E-state index is 0.0317. The van der Waals surface area contributed by atoms with Crippen LogP contribution < -0.4 is 4.74 Å². The molecule has 1 saturated carbocycles. The maximum Gasteiger partial charge on any atom is 0.273 e. The molecule has 2 aliphatic rings. The first-order chi connectivity index (χ1) is 20.1. The van der Waals surface area contributed by atoms with Crippen LogP contribution in [0.1, 0.15) is 46.4 Å². The van der Waals surface area contributed by atoms with Crippen molar-refractivity contribution < 1.29 is 33.8 Å². The molecule has 0 bridgehead atoms. The van der Waals surface area contributed by atoms with E-state index in [0.29, 0.717) is 24.3 Å². The number of benzene rings is 3. The number of Topliss-reactive ketones (excluding diaryl/α,β-unsaturated/α-hetero) is 1. The molecule has 2 atom stereocenters. The van der Waals surface area contributed by atoms with Crippen molar-refractivity contribution in [2.75, 3.05) is 6.54 Å². The van der Waals surface area contributed by atoms with Crippen LogP contribution in [0.4, 0.5) is 11.4 Å². The summed E-state index contributed by atoms with van der Waals surface area (Å²) in [6, 6.07) is 16.0. The molecular formula is C29H24N4O9. The summed E-state index contributed by atoms with van der Waals surface area (Å²) in [5.41, 5.74) is -0.199. The van der Waals surface area contributed by atoms with Gasteiger partial charge in [-0.05, 0) is 61.4 Å². The molecule has 1 saturated heterocycles. The van der Waals surface area contributed by atoms with Crippen LogP contribution in [0.2, 0.25) is 0 Å². The number of ether oxygens (including phenoxy) is 1. The van der Waals surface area contributed by atoms with E-state index in [2.05, 4.69) is 0 Å². The lowest BCUT2D eigenvalue weighted by molar-refractivity contribution is -0.385. The van der Waals surface area contributed by atoms with Gasteiger partial charge in [0.05, 0.1) is 21.7 Å². The molecule has 214 valence electrons. The number of amides is 3. The number of hydrogen-bond acceptors (Lipinski definition) is 9. The zero-order valence-electron chi connectivity index (χ0n) is 22.1. The number of rotatable bonds is 9. The number of ketones is 1. The van der Waals surface area contributed by atoms with Gasteiger partial charge in [0.25, 0.3) is 29.1 Å². The SMILES string of the molecule is O=C(CN(C(=O)c1ccc([N+](=O)[O-])cc1)N1C(=O)[C@H]2CCCC[C@H]2C1=O)c1ccc(Oc2ccc([N+](=O)[O-])cc2)cc1. The number of nitro groups is 2. The zero-order chi connectivity index (χ0) is 30.0. The largest absolute Gasteiger partial charge is 0.457 e. The van der Waals surface area contributed by atoms with Crippen molar-refractivity contribution in [2.24, 2.45) is 11.8 Å². The number of fused-ring (bicyclic) bond motifs is 1. The Morgan fingerprint density at radius 1 is 0.738 bits per heavy atom. The van der Waals surface area contributed by atoms with Gasteiger partial charge in [0, 0.05) is 35.4 Å². The Hall–Kier alpha value is -5.46. The van der Waals surface area contributed by atoms with Crippen molar-refractivity contribution in [3.8, 4) is 11.5 Å². The fourth-order valence-corrected chi connectivity index (χ4v) is 5.20. The average Bonchev–Trinajstić information content (AvgIpc) is 3.25. The first-order valence-electron chi connectivity index (χ1n) is 13.1. The molecule has 0 radical (unpaired) electrons. The van der Waals surface area contributed by atoms with Gasteiger partial charge in [-0.3, -0.25) is 39.4 Å². The Morgan fingerprint density at radius 2 is 1.17 bits per heavy atom. The van der Waals surface area contributed by atoms with Gasteiger partial charge < -0.3 is 4.74 Å². The summed E-state index contributed by atoms with van der Waals surface area (Å²) in [6.07, 6.45) is 2.57. The second-order valence-electron chi connectivity index (χ2n) is 9.95. The number of non-ortho nitro benzene ring substituents is 2. The molecule has 13 heteroatoms. The minimum atomic E-state index is -0.822. The van der Waals surface area contributed by atoms with Gasteiger partial charge in [-0.1, -0.05) is 12.8 Å². The summed E-state index contributed by atoms with van der Waals surface area (Å²) in [7, 11) is 0. The standard InChI is InChI=1S/C29H24N4O9/c34-26(18-7-13-22(14-8-18)42-23-15-11-21(12-16-23)33(40)41)17-30(27(35)19-5-9-20(10-6-19)32(38)39)31-28(36)24-3-1-2-4-25(24)29(31)37/h5-16,24-25H,1-4,17H2/t24-,25+. The average molecular weight is 573 g/mol. The third kappa shape index (κ3) is 5.57. The minimum Gasteiger partial charge on any atom is -0.457 e. The van der Waals surface area contributed by atoms with E-state index in [1.807, 2.05) is 0 Å². The van der Waals surface area contributed by atoms with Crippen LogP contribution in [0.25, 0.3) is 0 Å². The lowest BCUT2D eigenvalue weighted by atomic mass is 9.81. The predicted molar refractivity (Wildman–Crippen MR) is 145 cm³/mol. The smallest absolute Gasteiger partial charge is 0.273 e. The molecule has 0 aromatic heterocycles. The van der Waals surface area contributed by atoms with E-state index in [0.717, 1.165) is 35.0 Å². The number of hydrazine groups is 1. The van der Waals surface area contributed by atoms with Crippen LogP contribution in [0.3, 0.4) is 0 Å². The fourth-order valence-electron chi connectivity index (χ4n) is 5.20. The van der Waals surface area contributed by atoms with Crippen molar-refractivity contribution in [2.45, 2.75) is 25.7 Å². The second kappa shape index (κ2) is 11.6. The van der Waals surface area contributed by atoms with E-state index in [9.17, 15) is 39.4 Å². The van der Waals surface area contributed by atoms with Gasteiger partial charge in [-0.25, -0.2) is 5.01 Å². The van der Waals surface area contributed by atoms with E-state index in [1.165, 1.54) is 60.7 Å². The highest BCUT2D eigenvalue weighted by Crippen LogP contribution is 2.39. The van der Waals surface area contributed by atoms with Crippen LogP contribution in [0.15, 0.2) is 72.8 Å². The van der Waals surface area contributed by atoms with Gasteiger partial charge in [0.2, 0.25) is 0 Å². The summed E-state index contributed by atoms with van der Waals surface area (Å²) in [5, 5.41) is 23.5. The highest BCUT2D eigenvalue weighted by Gasteiger charge is 2.51. The van der Waals surface area contributed by atoms with Crippen molar-refractivity contribution in [3.63, 3.8) is 0 Å². The molecule has 3 amide bonds. The highest BCUT2D eigenvalue weighted by atomic mass is 16.6. The molecule has 1 heterocycles. The first-order valence-corrected chi connectivity index (χ1v) is 13.1. The van der Waals surface area contributed by atoms with E-state index in [4.69, 9.17) is 4.74 Å². The lowest BCUT2D eigenvalue weighted by Gasteiger charge is -2.30. The Kier molecular flexibility index (Phi) is 7.74. The van der Waals surface area contributed by atoms with Crippen molar-refractivity contribution in [1.82, 2.24) is 10.0 Å². The summed E-state index contributed by atoms with van der Waals surface area (Å²) >= 11 is 0. The number of carbonyl (C=O) groups is 4. The Labute approximate surface area is 238 Å². The van der Waals surface area contributed by atoms with E-state index >= 15 is 0 Å². The zero-order valence-corrected chi connectivity index (χ0v) is 22.1. The first kappa shape index (κ1) is 28.1. The maximum absolute atomic E-state index is 13.6. The van der Waals surface area contributed by atoms with Crippen LogP contribution >= 0.6 is 0 Å². The molecule has 42 heavy (non-hydrogen) atoms. The van der Waals surface area contributed by atoms with Gasteiger partial charge >= 0.3 is 0 Å². The Bertz CT molecular complexity index is 1550. The number of nitro benzene ring substituents is 2. The van der Waals surface area contributed by atoms with Crippen LogP contribution in [-0.4, -0.2) is 49.9 Å². The second-order valence-corrected chi connectivity index (χ2v) is 9.95. The quantitative estimate of drug-likeness (QED) is 0.152. The molecule has 1 aliphatic carbocycles. The molecule has 1 aliphatic heterocycles. The normalized spacial score (nSPS) is 17.9. The molecule has 0 unspecified atom stereocenters. The fraction of sp³-hybridized carbons (Fsp3) is 0.241. The molecule has 5 rings (SSSR count). The monoisotopic (exact) mass is 572 g/mol. The van der Waals surface area contributed by atoms with Crippen molar-refractivity contribution in [1.29, 1.82) is 0 Å². The summed E-state index contributed by atoms with van der Waals surface area (Å²) in [5.74, 6) is -2.92. The topological polar surface area (TPSA) is 170 Å². The molecule has 13 nitrogen and oxygen atoms in total. The van der Waals surface area contributed by atoms with Gasteiger partial charge in [-0.2, -0.15) is 5.01 Å². The van der Waals surface area contributed by atoms with Gasteiger partial charge in [0.15, 0.2) is 5.78 Å². The van der Waals surface area contributed by atoms with Crippen LogP contribution in [-0.2, 0) is 9.59 Å². The predicted octanol–water partition coefficient (Wildman–Crippen LogP) is 4.71. The molecule has 3 aromatic carbocycles. The summed E-state index contributed by atoms with van der Waals surface area (Å²) < 4.78 is 5.67. The Balaban J connectivity index is 1.38. The maximum atomic E-state index is 13.6. The molecule has 0 spiro atoms. The molecule has 2 fully saturated rings. The number of imide groups is 1.